The quantitative estimate of drug-likeness (QED) is 0.432. The summed E-state index contributed by atoms with van der Waals surface area (Å²) >= 11 is 0. The lowest BCUT2D eigenvalue weighted by atomic mass is 9.96. The summed E-state index contributed by atoms with van der Waals surface area (Å²) in [6.45, 7) is 10.1. The lowest BCUT2D eigenvalue weighted by Gasteiger charge is -2.49. The fraction of sp³-hybridized carbons (Fsp3) is 0.688. The molecule has 1 saturated heterocycles. The maximum absolute atomic E-state index is 12.6. The first-order valence-corrected chi connectivity index (χ1v) is 8.01. The highest BCUT2D eigenvalue weighted by molar-refractivity contribution is 14.0. The molecule has 0 aromatic carbocycles. The molecular weight excluding hydrogens is 419 g/mol. The van der Waals surface area contributed by atoms with Crippen LogP contribution in [0.5, 0.6) is 0 Å². The number of halogens is 1. The van der Waals surface area contributed by atoms with Gasteiger partial charge in [-0.3, -0.25) is 14.5 Å². The molecule has 0 aliphatic carbocycles. The first kappa shape index (κ1) is 20.7. The molecule has 1 aliphatic rings. The van der Waals surface area contributed by atoms with E-state index in [0.29, 0.717) is 13.1 Å². The Morgan fingerprint density at radius 2 is 2.12 bits per heavy atom. The van der Waals surface area contributed by atoms with Crippen molar-refractivity contribution in [3.05, 3.63) is 18.0 Å². The summed E-state index contributed by atoms with van der Waals surface area (Å²) in [6.07, 6.45) is 1.77. The van der Waals surface area contributed by atoms with Crippen LogP contribution in [-0.2, 0) is 18.4 Å². The van der Waals surface area contributed by atoms with Crippen molar-refractivity contribution in [2.45, 2.75) is 45.8 Å². The van der Waals surface area contributed by atoms with Crippen LogP contribution >= 0.6 is 24.0 Å². The van der Waals surface area contributed by atoms with E-state index in [2.05, 4.69) is 43.1 Å². The third-order valence-corrected chi connectivity index (χ3v) is 4.20. The molecule has 0 atom stereocenters. The average Bonchev–Trinajstić information content (AvgIpc) is 2.82. The number of aliphatic imine (C=N–C) groups is 1. The zero-order chi connectivity index (χ0) is 17.2. The van der Waals surface area contributed by atoms with Gasteiger partial charge in [-0.25, -0.2) is 0 Å². The molecule has 1 aliphatic heterocycles. The molecule has 0 spiro atoms. The van der Waals surface area contributed by atoms with E-state index in [9.17, 15) is 4.79 Å². The van der Waals surface area contributed by atoms with Gasteiger partial charge in [0.1, 0.15) is 0 Å². The van der Waals surface area contributed by atoms with Gasteiger partial charge >= 0.3 is 0 Å². The fourth-order valence-electron chi connectivity index (χ4n) is 3.39. The number of nitrogens with one attached hydrogen (secondary N) is 1. The van der Waals surface area contributed by atoms with Gasteiger partial charge in [-0.2, -0.15) is 5.10 Å². The van der Waals surface area contributed by atoms with Gasteiger partial charge in [0.25, 0.3) is 0 Å². The summed E-state index contributed by atoms with van der Waals surface area (Å²) in [6, 6.07) is 2.16. The summed E-state index contributed by atoms with van der Waals surface area (Å²) in [4.78, 5) is 20.9. The Kier molecular flexibility index (Phi) is 7.06. The molecule has 0 radical (unpaired) electrons. The number of aryl methyl sites for hydroxylation is 1. The van der Waals surface area contributed by atoms with Gasteiger partial charge in [0.15, 0.2) is 5.96 Å². The fourth-order valence-corrected chi connectivity index (χ4v) is 3.39. The highest BCUT2D eigenvalue weighted by atomic mass is 127. The normalized spacial score (nSPS) is 18.0. The molecule has 0 saturated carbocycles. The van der Waals surface area contributed by atoms with Crippen molar-refractivity contribution in [1.29, 1.82) is 0 Å². The summed E-state index contributed by atoms with van der Waals surface area (Å²) < 4.78 is 1.83. The van der Waals surface area contributed by atoms with Gasteiger partial charge in [0.05, 0.1) is 24.3 Å². The summed E-state index contributed by atoms with van der Waals surface area (Å²) in [7, 11) is 3.66. The summed E-state index contributed by atoms with van der Waals surface area (Å²) in [5, 5.41) is 7.49. The minimum atomic E-state index is -0.229. The topological polar surface area (TPSA) is 65.8 Å². The molecule has 0 unspecified atom stereocenters. The van der Waals surface area contributed by atoms with Crippen LogP contribution in [0.15, 0.2) is 17.3 Å². The van der Waals surface area contributed by atoms with E-state index < -0.39 is 0 Å². The lowest BCUT2D eigenvalue weighted by Crippen LogP contribution is -2.66. The van der Waals surface area contributed by atoms with Crippen molar-refractivity contribution < 1.29 is 4.79 Å². The zero-order valence-electron chi connectivity index (χ0n) is 15.4. The number of aromatic nitrogens is 2. The predicted molar refractivity (Wildman–Crippen MR) is 106 cm³/mol. The first-order valence-electron chi connectivity index (χ1n) is 8.01. The lowest BCUT2D eigenvalue weighted by molar-refractivity contribution is -0.145. The third-order valence-electron chi connectivity index (χ3n) is 4.20. The summed E-state index contributed by atoms with van der Waals surface area (Å²) in [5.74, 6) is 0.885. The van der Waals surface area contributed by atoms with Crippen molar-refractivity contribution in [3.63, 3.8) is 0 Å². The molecule has 7 nitrogen and oxygen atoms in total. The maximum Gasteiger partial charge on any atom is 0.242 e. The number of carbonyl (C=O) groups is 1. The van der Waals surface area contributed by atoms with E-state index in [1.165, 1.54) is 0 Å². The van der Waals surface area contributed by atoms with Crippen molar-refractivity contribution in [3.8, 4) is 0 Å². The second kappa shape index (κ2) is 8.17. The van der Waals surface area contributed by atoms with Crippen LogP contribution in [0, 0.1) is 0 Å². The number of nitrogens with zero attached hydrogens (tertiary/aromatic N) is 5. The minimum Gasteiger partial charge on any atom is -0.351 e. The van der Waals surface area contributed by atoms with E-state index in [-0.39, 0.29) is 41.5 Å². The van der Waals surface area contributed by atoms with Crippen LogP contribution in [-0.4, -0.2) is 63.2 Å². The molecule has 8 heteroatoms. The van der Waals surface area contributed by atoms with Gasteiger partial charge in [0.2, 0.25) is 5.91 Å². The molecule has 136 valence electrons. The van der Waals surface area contributed by atoms with Gasteiger partial charge < -0.3 is 15.1 Å². The van der Waals surface area contributed by atoms with Crippen LogP contribution < -0.4 is 5.32 Å². The largest absolute Gasteiger partial charge is 0.351 e. The van der Waals surface area contributed by atoms with Crippen LogP contribution in [0.25, 0.3) is 0 Å². The highest BCUT2D eigenvalue weighted by Gasteiger charge is 2.40. The first-order chi connectivity index (χ1) is 10.8. The number of hydrogen-bond donors (Lipinski definition) is 1. The van der Waals surface area contributed by atoms with E-state index in [4.69, 9.17) is 0 Å². The van der Waals surface area contributed by atoms with Gasteiger partial charge in [-0.15, -0.1) is 24.0 Å². The van der Waals surface area contributed by atoms with Crippen LogP contribution in [0.2, 0.25) is 0 Å². The van der Waals surface area contributed by atoms with Crippen molar-refractivity contribution in [2.24, 2.45) is 12.0 Å². The average molecular weight is 448 g/mol. The molecule has 1 fully saturated rings. The maximum atomic E-state index is 12.6. The number of carbonyl (C=O) groups excluding carboxylic acids is 1. The Morgan fingerprint density at radius 1 is 1.46 bits per heavy atom. The highest BCUT2D eigenvalue weighted by Crippen LogP contribution is 2.24. The number of piperazine rings is 1. The van der Waals surface area contributed by atoms with E-state index in [1.54, 1.807) is 13.2 Å². The Bertz CT molecular complexity index is 595. The molecule has 2 rings (SSSR count). The zero-order valence-corrected chi connectivity index (χ0v) is 17.7. The second-order valence-corrected chi connectivity index (χ2v) is 6.87. The number of guanidine groups is 1. The Morgan fingerprint density at radius 3 is 2.58 bits per heavy atom. The molecule has 0 bridgehead atoms. The van der Waals surface area contributed by atoms with Gasteiger partial charge in [-0.1, -0.05) is 0 Å². The third kappa shape index (κ3) is 4.40. The Labute approximate surface area is 161 Å². The van der Waals surface area contributed by atoms with E-state index in [0.717, 1.165) is 18.2 Å². The molecule has 1 amide bonds. The Balaban J connectivity index is 0.00000288. The second-order valence-electron chi connectivity index (χ2n) is 6.87. The Hall–Kier alpha value is -1.32. The van der Waals surface area contributed by atoms with E-state index in [1.807, 2.05) is 27.6 Å². The molecule has 2 heterocycles. The van der Waals surface area contributed by atoms with Gasteiger partial charge in [-0.05, 0) is 33.8 Å². The smallest absolute Gasteiger partial charge is 0.242 e. The minimum absolute atomic E-state index is 0. The molecule has 1 aromatic heterocycles. The monoisotopic (exact) mass is 448 g/mol. The number of hydrogen-bond acceptors (Lipinski definition) is 3. The van der Waals surface area contributed by atoms with Crippen LogP contribution in [0.4, 0.5) is 0 Å². The molecule has 1 N–H and O–H groups in total. The van der Waals surface area contributed by atoms with Crippen molar-refractivity contribution in [1.82, 2.24) is 24.9 Å². The van der Waals surface area contributed by atoms with E-state index >= 15 is 0 Å². The SMILES string of the molecule is CN=C(NCc1ccnn1C)N1CC(=O)N(C(C)C)C(C)(C)C1.I. The predicted octanol–water partition coefficient (Wildman–Crippen LogP) is 1.44. The molecular formula is C16H29IN6O. The van der Waals surface area contributed by atoms with Gasteiger partial charge in [0, 0.05) is 32.9 Å². The standard InChI is InChI=1S/C16H28N6O.HI/c1-12(2)22-14(23)10-21(11-16(22,3)4)15(17-5)18-9-13-7-8-19-20(13)6;/h7-8,12H,9-11H2,1-6H3,(H,17,18);1H. The molecule has 24 heavy (non-hydrogen) atoms. The van der Waals surface area contributed by atoms with Crippen LogP contribution in [0.1, 0.15) is 33.4 Å². The number of rotatable bonds is 3. The summed E-state index contributed by atoms with van der Waals surface area (Å²) in [5.41, 5.74) is 0.839. The number of amides is 1. The van der Waals surface area contributed by atoms with Crippen LogP contribution in [0.3, 0.4) is 0 Å². The van der Waals surface area contributed by atoms with Crippen molar-refractivity contribution >= 4 is 35.8 Å². The van der Waals surface area contributed by atoms with Crippen molar-refractivity contribution in [2.75, 3.05) is 20.1 Å². The molecule has 1 aromatic rings.